The predicted molar refractivity (Wildman–Crippen MR) is 69.1 cm³/mol. The number of aryl methyl sites for hydroxylation is 1. The van der Waals surface area contributed by atoms with Crippen LogP contribution >= 0.6 is 11.3 Å². The van der Waals surface area contributed by atoms with E-state index in [1.165, 1.54) is 18.4 Å². The van der Waals surface area contributed by atoms with E-state index < -0.39 is 0 Å². The highest BCUT2D eigenvalue weighted by molar-refractivity contribution is 7.12. The number of hydrogen-bond donors (Lipinski definition) is 0. The Morgan fingerprint density at radius 3 is 3.00 bits per heavy atom. The van der Waals surface area contributed by atoms with E-state index in [-0.39, 0.29) is 0 Å². The highest BCUT2D eigenvalue weighted by Gasteiger charge is 2.27. The molecule has 0 bridgehead atoms. The molecule has 1 aromatic heterocycles. The number of thiophene rings is 1. The van der Waals surface area contributed by atoms with E-state index in [2.05, 4.69) is 25.3 Å². The van der Waals surface area contributed by atoms with Crippen molar-refractivity contribution in [1.82, 2.24) is 0 Å². The SMILES string of the molecule is CCc1ccsc1C(=O)C1CCCC(C)C1. The summed E-state index contributed by atoms with van der Waals surface area (Å²) < 4.78 is 0. The zero-order valence-electron chi connectivity index (χ0n) is 10.2. The fourth-order valence-electron chi connectivity index (χ4n) is 2.69. The van der Waals surface area contributed by atoms with Crippen molar-refractivity contribution < 1.29 is 4.79 Å². The molecular formula is C14H20OS. The largest absolute Gasteiger partial charge is 0.293 e. The van der Waals surface area contributed by atoms with Gasteiger partial charge < -0.3 is 0 Å². The minimum atomic E-state index is 0.299. The van der Waals surface area contributed by atoms with Crippen LogP contribution in [0, 0.1) is 11.8 Å². The molecule has 2 rings (SSSR count). The van der Waals surface area contributed by atoms with Crippen molar-refractivity contribution in [3.05, 3.63) is 21.9 Å². The summed E-state index contributed by atoms with van der Waals surface area (Å²) in [7, 11) is 0. The fourth-order valence-corrected chi connectivity index (χ4v) is 3.70. The Bertz CT molecular complexity index is 367. The first-order chi connectivity index (χ1) is 7.72. The van der Waals surface area contributed by atoms with Gasteiger partial charge in [0.1, 0.15) is 0 Å². The van der Waals surface area contributed by atoms with Crippen molar-refractivity contribution in [3.8, 4) is 0 Å². The highest BCUT2D eigenvalue weighted by Crippen LogP contribution is 2.33. The van der Waals surface area contributed by atoms with Crippen LogP contribution < -0.4 is 0 Å². The van der Waals surface area contributed by atoms with Gasteiger partial charge in [-0.2, -0.15) is 0 Å². The molecule has 2 heteroatoms. The molecule has 0 aliphatic heterocycles. The maximum Gasteiger partial charge on any atom is 0.176 e. The lowest BCUT2D eigenvalue weighted by molar-refractivity contribution is 0.0872. The molecule has 0 radical (unpaired) electrons. The molecule has 0 spiro atoms. The van der Waals surface area contributed by atoms with Gasteiger partial charge in [0.2, 0.25) is 0 Å². The third-order valence-electron chi connectivity index (χ3n) is 3.66. The number of Topliss-reactive ketones (excluding diaryl/α,β-unsaturated/α-hetero) is 1. The Labute approximate surface area is 102 Å². The van der Waals surface area contributed by atoms with Gasteiger partial charge in [-0.3, -0.25) is 4.79 Å². The Morgan fingerprint density at radius 1 is 1.50 bits per heavy atom. The second kappa shape index (κ2) is 5.13. The van der Waals surface area contributed by atoms with Gasteiger partial charge in [0.05, 0.1) is 4.88 Å². The summed E-state index contributed by atoms with van der Waals surface area (Å²) in [6.45, 7) is 4.40. The van der Waals surface area contributed by atoms with Crippen LogP contribution in [0.1, 0.15) is 54.8 Å². The summed E-state index contributed by atoms with van der Waals surface area (Å²) in [5.41, 5.74) is 1.24. The van der Waals surface area contributed by atoms with Gasteiger partial charge in [-0.25, -0.2) is 0 Å². The minimum absolute atomic E-state index is 0.299. The normalized spacial score (nSPS) is 25.6. The molecule has 1 aromatic rings. The van der Waals surface area contributed by atoms with E-state index in [4.69, 9.17) is 0 Å². The fraction of sp³-hybridized carbons (Fsp3) is 0.643. The first kappa shape index (κ1) is 11.8. The van der Waals surface area contributed by atoms with E-state index in [0.717, 1.165) is 30.1 Å². The zero-order valence-corrected chi connectivity index (χ0v) is 11.0. The van der Waals surface area contributed by atoms with Crippen LogP contribution in [-0.4, -0.2) is 5.78 Å². The molecule has 2 unspecified atom stereocenters. The molecule has 1 fully saturated rings. The van der Waals surface area contributed by atoms with Crippen molar-refractivity contribution in [2.45, 2.75) is 46.0 Å². The van der Waals surface area contributed by atoms with Crippen LogP contribution in [0.25, 0.3) is 0 Å². The summed E-state index contributed by atoms with van der Waals surface area (Å²) in [6, 6.07) is 2.10. The summed E-state index contributed by atoms with van der Waals surface area (Å²) >= 11 is 1.63. The van der Waals surface area contributed by atoms with Crippen LogP contribution in [0.2, 0.25) is 0 Å². The molecular weight excluding hydrogens is 216 g/mol. The van der Waals surface area contributed by atoms with Crippen molar-refractivity contribution in [3.63, 3.8) is 0 Å². The Hall–Kier alpha value is -0.630. The molecule has 1 heterocycles. The van der Waals surface area contributed by atoms with Gasteiger partial charge in [0, 0.05) is 5.92 Å². The molecule has 0 amide bonds. The van der Waals surface area contributed by atoms with Gasteiger partial charge in [0.25, 0.3) is 0 Å². The molecule has 0 N–H and O–H groups in total. The average molecular weight is 236 g/mol. The van der Waals surface area contributed by atoms with Crippen molar-refractivity contribution in [1.29, 1.82) is 0 Å². The molecule has 1 nitrogen and oxygen atoms in total. The van der Waals surface area contributed by atoms with Crippen LogP contribution in [0.5, 0.6) is 0 Å². The Morgan fingerprint density at radius 2 is 2.31 bits per heavy atom. The summed E-state index contributed by atoms with van der Waals surface area (Å²) in [4.78, 5) is 13.4. The van der Waals surface area contributed by atoms with E-state index in [9.17, 15) is 4.79 Å². The number of carbonyl (C=O) groups excluding carboxylic acids is 1. The first-order valence-electron chi connectivity index (χ1n) is 6.33. The van der Waals surface area contributed by atoms with Crippen LogP contribution in [0.15, 0.2) is 11.4 Å². The molecule has 88 valence electrons. The Kier molecular flexibility index (Phi) is 3.80. The summed E-state index contributed by atoms with van der Waals surface area (Å²) in [6.07, 6.45) is 5.70. The maximum absolute atomic E-state index is 12.4. The lowest BCUT2D eigenvalue weighted by Gasteiger charge is -2.25. The van der Waals surface area contributed by atoms with E-state index in [0.29, 0.717) is 11.7 Å². The van der Waals surface area contributed by atoms with E-state index in [1.54, 1.807) is 11.3 Å². The third kappa shape index (κ3) is 2.37. The van der Waals surface area contributed by atoms with E-state index >= 15 is 0 Å². The van der Waals surface area contributed by atoms with Gasteiger partial charge in [0.15, 0.2) is 5.78 Å². The quantitative estimate of drug-likeness (QED) is 0.714. The van der Waals surface area contributed by atoms with Crippen molar-refractivity contribution in [2.75, 3.05) is 0 Å². The van der Waals surface area contributed by atoms with Crippen LogP contribution in [0.3, 0.4) is 0 Å². The third-order valence-corrected chi connectivity index (χ3v) is 4.63. The monoisotopic (exact) mass is 236 g/mol. The summed E-state index contributed by atoms with van der Waals surface area (Å²) in [5, 5.41) is 2.05. The predicted octanol–water partition coefficient (Wildman–Crippen LogP) is 4.32. The highest BCUT2D eigenvalue weighted by atomic mass is 32.1. The molecule has 0 saturated heterocycles. The second-order valence-corrected chi connectivity index (χ2v) is 5.88. The standard InChI is InChI=1S/C14H20OS/c1-3-11-7-8-16-14(11)13(15)12-6-4-5-10(2)9-12/h7-8,10,12H,3-6,9H2,1-2H3. The molecule has 0 aromatic carbocycles. The minimum Gasteiger partial charge on any atom is -0.293 e. The molecule has 1 saturated carbocycles. The molecule has 16 heavy (non-hydrogen) atoms. The first-order valence-corrected chi connectivity index (χ1v) is 7.21. The number of carbonyl (C=O) groups is 1. The molecule has 2 atom stereocenters. The molecule has 1 aliphatic rings. The second-order valence-electron chi connectivity index (χ2n) is 4.96. The van der Waals surface area contributed by atoms with Gasteiger partial charge >= 0.3 is 0 Å². The van der Waals surface area contributed by atoms with Gasteiger partial charge in [-0.15, -0.1) is 11.3 Å². The lowest BCUT2D eigenvalue weighted by Crippen LogP contribution is -2.21. The smallest absolute Gasteiger partial charge is 0.176 e. The number of hydrogen-bond acceptors (Lipinski definition) is 2. The summed E-state index contributed by atoms with van der Waals surface area (Å²) in [5.74, 6) is 1.44. The van der Waals surface area contributed by atoms with Gasteiger partial charge in [-0.1, -0.05) is 26.7 Å². The number of ketones is 1. The lowest BCUT2D eigenvalue weighted by atomic mass is 9.79. The Balaban J connectivity index is 2.12. The van der Waals surface area contributed by atoms with Crippen molar-refractivity contribution in [2.24, 2.45) is 11.8 Å². The van der Waals surface area contributed by atoms with E-state index in [1.807, 2.05) is 0 Å². The molecule has 1 aliphatic carbocycles. The van der Waals surface area contributed by atoms with Crippen molar-refractivity contribution >= 4 is 17.1 Å². The van der Waals surface area contributed by atoms with Crippen LogP contribution in [-0.2, 0) is 6.42 Å². The average Bonchev–Trinajstić information content (AvgIpc) is 2.76. The topological polar surface area (TPSA) is 17.1 Å². The zero-order chi connectivity index (χ0) is 11.5. The maximum atomic E-state index is 12.4. The van der Waals surface area contributed by atoms with Gasteiger partial charge in [-0.05, 0) is 42.2 Å². The number of rotatable bonds is 3. The van der Waals surface area contributed by atoms with Crippen LogP contribution in [0.4, 0.5) is 0 Å².